The fraction of sp³-hybridized carbons (Fsp3) is 0.182. The van der Waals surface area contributed by atoms with Gasteiger partial charge < -0.3 is 14.6 Å². The fourth-order valence-electron chi connectivity index (χ4n) is 4.93. The molecule has 0 saturated heterocycles. The number of para-hydroxylation sites is 3. The standard InChI is InChI=1S/C33H31N3O3S/c37-31(23-28(25-13-4-1-5-14-25)26-15-6-2-7-16-26)35(27-17-8-3-9-18-27)21-12-22-40-33-34-29-19-10-11-20-30(29)36(33)24-32(38)39/h1-11,13-20,28H,12,21-24H2,(H,38,39). The van der Waals surface area contributed by atoms with Crippen LogP contribution in [0.2, 0.25) is 0 Å². The Morgan fingerprint density at radius 1 is 0.800 bits per heavy atom. The second kappa shape index (κ2) is 13.1. The molecule has 0 unspecified atom stereocenters. The lowest BCUT2D eigenvalue weighted by atomic mass is 9.88. The molecule has 1 N–H and O–H groups in total. The van der Waals surface area contributed by atoms with Gasteiger partial charge in [-0.3, -0.25) is 9.59 Å². The number of rotatable bonds is 12. The molecule has 1 amide bonds. The van der Waals surface area contributed by atoms with E-state index in [1.54, 1.807) is 4.57 Å². The summed E-state index contributed by atoms with van der Waals surface area (Å²) in [6.45, 7) is 0.406. The summed E-state index contributed by atoms with van der Waals surface area (Å²) < 4.78 is 1.74. The van der Waals surface area contributed by atoms with Gasteiger partial charge in [-0.15, -0.1) is 0 Å². The van der Waals surface area contributed by atoms with Crippen LogP contribution in [0.5, 0.6) is 0 Å². The van der Waals surface area contributed by atoms with E-state index in [4.69, 9.17) is 0 Å². The maximum atomic E-state index is 13.9. The smallest absolute Gasteiger partial charge is 0.323 e. The van der Waals surface area contributed by atoms with Gasteiger partial charge in [-0.05, 0) is 41.8 Å². The number of carbonyl (C=O) groups excluding carboxylic acids is 1. The number of nitrogens with zero attached hydrogens (tertiary/aromatic N) is 3. The van der Waals surface area contributed by atoms with Crippen molar-refractivity contribution in [3.8, 4) is 0 Å². The minimum atomic E-state index is -0.905. The van der Waals surface area contributed by atoms with E-state index >= 15 is 0 Å². The van der Waals surface area contributed by atoms with Gasteiger partial charge in [0.2, 0.25) is 5.91 Å². The number of imidazole rings is 1. The van der Waals surface area contributed by atoms with E-state index in [1.165, 1.54) is 11.8 Å². The minimum absolute atomic E-state index is 0.0496. The number of hydrogen-bond donors (Lipinski definition) is 1. The molecule has 40 heavy (non-hydrogen) atoms. The Hall–Kier alpha value is -4.36. The van der Waals surface area contributed by atoms with Gasteiger partial charge in [0.15, 0.2) is 5.16 Å². The Balaban J connectivity index is 1.32. The van der Waals surface area contributed by atoms with Crippen LogP contribution in [0.15, 0.2) is 120 Å². The van der Waals surface area contributed by atoms with Gasteiger partial charge in [0.1, 0.15) is 6.54 Å². The highest BCUT2D eigenvalue weighted by molar-refractivity contribution is 7.99. The van der Waals surface area contributed by atoms with Crippen molar-refractivity contribution in [2.45, 2.75) is 30.5 Å². The number of carboxylic acid groups (broad SMARTS) is 1. The SMILES string of the molecule is O=C(O)Cn1c(SCCCN(C(=O)CC(c2ccccc2)c2ccccc2)c2ccccc2)nc2ccccc21. The predicted molar refractivity (Wildman–Crippen MR) is 161 cm³/mol. The number of amides is 1. The van der Waals surface area contributed by atoms with Gasteiger partial charge in [0.25, 0.3) is 0 Å². The topological polar surface area (TPSA) is 75.4 Å². The molecular formula is C33H31N3O3S. The molecule has 0 aliphatic carbocycles. The quantitative estimate of drug-likeness (QED) is 0.136. The Labute approximate surface area is 238 Å². The number of benzene rings is 4. The molecule has 5 rings (SSSR count). The first-order valence-corrected chi connectivity index (χ1v) is 14.3. The number of hydrogen-bond acceptors (Lipinski definition) is 4. The summed E-state index contributed by atoms with van der Waals surface area (Å²) in [5, 5.41) is 10.1. The van der Waals surface area contributed by atoms with E-state index in [2.05, 4.69) is 29.2 Å². The maximum absolute atomic E-state index is 13.9. The van der Waals surface area contributed by atoms with Crippen molar-refractivity contribution in [3.05, 3.63) is 126 Å². The molecule has 5 aromatic rings. The van der Waals surface area contributed by atoms with Crippen LogP contribution >= 0.6 is 11.8 Å². The summed E-state index contributed by atoms with van der Waals surface area (Å²) in [7, 11) is 0. The van der Waals surface area contributed by atoms with E-state index < -0.39 is 5.97 Å². The molecule has 0 radical (unpaired) electrons. The highest BCUT2D eigenvalue weighted by atomic mass is 32.2. The third-order valence-corrected chi connectivity index (χ3v) is 7.88. The molecule has 202 valence electrons. The molecule has 1 aromatic heterocycles. The van der Waals surface area contributed by atoms with Gasteiger partial charge in [0.05, 0.1) is 11.0 Å². The molecule has 6 nitrogen and oxygen atoms in total. The summed E-state index contributed by atoms with van der Waals surface area (Å²) in [6, 6.07) is 37.7. The Kier molecular flexibility index (Phi) is 8.93. The van der Waals surface area contributed by atoms with Crippen LogP contribution in [0.3, 0.4) is 0 Å². The van der Waals surface area contributed by atoms with Gasteiger partial charge >= 0.3 is 5.97 Å². The van der Waals surface area contributed by atoms with Crippen molar-refractivity contribution >= 4 is 40.4 Å². The van der Waals surface area contributed by atoms with Crippen LogP contribution in [0.25, 0.3) is 11.0 Å². The van der Waals surface area contributed by atoms with Gasteiger partial charge in [-0.25, -0.2) is 4.98 Å². The fourth-order valence-corrected chi connectivity index (χ4v) is 5.86. The highest BCUT2D eigenvalue weighted by Crippen LogP contribution is 2.30. The Morgan fingerprint density at radius 3 is 2.00 bits per heavy atom. The normalized spacial score (nSPS) is 11.1. The lowest BCUT2D eigenvalue weighted by Crippen LogP contribution is -2.33. The number of carboxylic acids is 1. The first kappa shape index (κ1) is 27.2. The third-order valence-electron chi connectivity index (χ3n) is 6.82. The second-order valence-corrected chi connectivity index (χ2v) is 10.6. The van der Waals surface area contributed by atoms with E-state index in [0.717, 1.165) is 34.3 Å². The Morgan fingerprint density at radius 2 is 1.38 bits per heavy atom. The second-order valence-electron chi connectivity index (χ2n) is 9.52. The van der Waals surface area contributed by atoms with Crippen molar-refractivity contribution in [2.75, 3.05) is 17.2 Å². The van der Waals surface area contributed by atoms with Crippen molar-refractivity contribution < 1.29 is 14.7 Å². The van der Waals surface area contributed by atoms with E-state index in [0.29, 0.717) is 23.9 Å². The van der Waals surface area contributed by atoms with Crippen molar-refractivity contribution in [1.29, 1.82) is 0 Å². The number of anilines is 1. The predicted octanol–water partition coefficient (Wildman–Crippen LogP) is 6.86. The van der Waals surface area contributed by atoms with Crippen molar-refractivity contribution in [3.63, 3.8) is 0 Å². The molecule has 0 spiro atoms. The zero-order valence-corrected chi connectivity index (χ0v) is 22.9. The van der Waals surface area contributed by atoms with Gasteiger partial charge in [0, 0.05) is 30.3 Å². The van der Waals surface area contributed by atoms with E-state index in [-0.39, 0.29) is 18.4 Å². The molecule has 7 heteroatoms. The first-order chi connectivity index (χ1) is 19.6. The largest absolute Gasteiger partial charge is 0.480 e. The average Bonchev–Trinajstić information content (AvgIpc) is 3.33. The van der Waals surface area contributed by atoms with Crippen LogP contribution in [0, 0.1) is 0 Å². The Bertz CT molecular complexity index is 1520. The summed E-state index contributed by atoms with van der Waals surface area (Å²) in [5.74, 6) is -0.198. The summed E-state index contributed by atoms with van der Waals surface area (Å²) >= 11 is 1.52. The zero-order valence-electron chi connectivity index (χ0n) is 22.1. The number of aliphatic carboxylic acids is 1. The summed E-state index contributed by atoms with van der Waals surface area (Å²) in [4.78, 5) is 31.9. The molecule has 0 aliphatic rings. The zero-order chi connectivity index (χ0) is 27.7. The first-order valence-electron chi connectivity index (χ1n) is 13.4. The van der Waals surface area contributed by atoms with E-state index in [9.17, 15) is 14.7 Å². The van der Waals surface area contributed by atoms with E-state index in [1.807, 2.05) is 95.9 Å². The van der Waals surface area contributed by atoms with Crippen LogP contribution in [0.4, 0.5) is 5.69 Å². The number of thioether (sulfide) groups is 1. The summed E-state index contributed by atoms with van der Waals surface area (Å²) in [5.41, 5.74) is 4.68. The molecule has 0 fully saturated rings. The molecule has 4 aromatic carbocycles. The molecular weight excluding hydrogens is 518 g/mol. The lowest BCUT2D eigenvalue weighted by Gasteiger charge is -2.26. The number of aromatic nitrogens is 2. The number of carbonyl (C=O) groups is 2. The van der Waals surface area contributed by atoms with Crippen molar-refractivity contribution in [1.82, 2.24) is 9.55 Å². The van der Waals surface area contributed by atoms with Gasteiger partial charge in [-0.1, -0.05) is 103 Å². The number of fused-ring (bicyclic) bond motifs is 1. The molecule has 0 atom stereocenters. The molecule has 0 bridgehead atoms. The van der Waals surface area contributed by atoms with Crippen LogP contribution in [0.1, 0.15) is 29.9 Å². The summed E-state index contributed by atoms with van der Waals surface area (Å²) in [6.07, 6.45) is 1.08. The maximum Gasteiger partial charge on any atom is 0.323 e. The highest BCUT2D eigenvalue weighted by Gasteiger charge is 2.23. The van der Waals surface area contributed by atoms with Crippen molar-refractivity contribution in [2.24, 2.45) is 0 Å². The molecule has 1 heterocycles. The van der Waals surface area contributed by atoms with Gasteiger partial charge in [-0.2, -0.15) is 0 Å². The van der Waals surface area contributed by atoms with Crippen LogP contribution in [-0.2, 0) is 16.1 Å². The lowest BCUT2D eigenvalue weighted by molar-refractivity contribution is -0.137. The third kappa shape index (κ3) is 6.61. The molecule has 0 aliphatic heterocycles. The van der Waals surface area contributed by atoms with Crippen LogP contribution < -0.4 is 4.90 Å². The van der Waals surface area contributed by atoms with Crippen LogP contribution in [-0.4, -0.2) is 38.8 Å². The minimum Gasteiger partial charge on any atom is -0.480 e. The molecule has 0 saturated carbocycles. The average molecular weight is 550 g/mol. The monoisotopic (exact) mass is 549 g/mol.